The zero-order valence-electron chi connectivity index (χ0n) is 6.47. The molecule has 0 atom stereocenters. The van der Waals surface area contributed by atoms with E-state index < -0.39 is 0 Å². The molecular weight excluding hydrogens is 124 g/mol. The molecule has 0 aliphatic rings. The molecule has 0 unspecified atom stereocenters. The lowest BCUT2D eigenvalue weighted by Gasteiger charge is -1.85. The second-order valence-corrected chi connectivity index (χ2v) is 2.15. The Hall–Kier alpha value is -0.850. The molecule has 0 saturated carbocycles. The highest BCUT2D eigenvalue weighted by molar-refractivity contribution is 5.90. The standard InChI is InChI=1S/C9H14O/c1-3-5-6-8-9(10)7-4-2/h4,6,8H,2-3,5,7H2,1H3. The molecule has 0 spiro atoms. The molecule has 0 N–H and O–H groups in total. The van der Waals surface area contributed by atoms with E-state index in [4.69, 9.17) is 0 Å². The lowest BCUT2D eigenvalue weighted by Crippen LogP contribution is -1.87. The second-order valence-electron chi connectivity index (χ2n) is 2.15. The predicted octanol–water partition coefficient (Wildman–Crippen LogP) is 2.49. The van der Waals surface area contributed by atoms with Gasteiger partial charge in [0.1, 0.15) is 0 Å². The van der Waals surface area contributed by atoms with Gasteiger partial charge in [-0.15, -0.1) is 6.58 Å². The van der Waals surface area contributed by atoms with Crippen molar-refractivity contribution in [3.05, 3.63) is 24.8 Å². The van der Waals surface area contributed by atoms with Gasteiger partial charge in [-0.2, -0.15) is 0 Å². The molecule has 0 aromatic carbocycles. The van der Waals surface area contributed by atoms with Gasteiger partial charge in [0.05, 0.1) is 0 Å². The fourth-order valence-electron chi connectivity index (χ4n) is 0.592. The summed E-state index contributed by atoms with van der Waals surface area (Å²) in [5.41, 5.74) is 0. The van der Waals surface area contributed by atoms with E-state index in [2.05, 4.69) is 13.5 Å². The third-order valence-corrected chi connectivity index (χ3v) is 1.10. The van der Waals surface area contributed by atoms with Crippen LogP contribution in [0.4, 0.5) is 0 Å². The molecule has 0 heterocycles. The SMILES string of the molecule is C=CCC(=O)C=CCCC. The van der Waals surface area contributed by atoms with Crippen LogP contribution >= 0.6 is 0 Å². The number of ketones is 1. The smallest absolute Gasteiger partial charge is 0.159 e. The molecule has 0 amide bonds. The first kappa shape index (κ1) is 9.15. The van der Waals surface area contributed by atoms with Crippen molar-refractivity contribution < 1.29 is 4.79 Å². The Kier molecular flexibility index (Phi) is 5.74. The molecule has 0 aliphatic carbocycles. The van der Waals surface area contributed by atoms with Crippen molar-refractivity contribution in [2.75, 3.05) is 0 Å². The molecule has 0 saturated heterocycles. The highest BCUT2D eigenvalue weighted by Crippen LogP contribution is 1.91. The molecule has 1 heteroatoms. The number of unbranched alkanes of at least 4 members (excludes halogenated alkanes) is 1. The van der Waals surface area contributed by atoms with Gasteiger partial charge < -0.3 is 0 Å². The van der Waals surface area contributed by atoms with E-state index in [1.54, 1.807) is 12.2 Å². The van der Waals surface area contributed by atoms with E-state index >= 15 is 0 Å². The van der Waals surface area contributed by atoms with Crippen LogP contribution in [0.2, 0.25) is 0 Å². The zero-order valence-corrected chi connectivity index (χ0v) is 6.47. The van der Waals surface area contributed by atoms with Gasteiger partial charge in [0.15, 0.2) is 5.78 Å². The molecule has 1 nitrogen and oxygen atoms in total. The van der Waals surface area contributed by atoms with Gasteiger partial charge in [-0.1, -0.05) is 25.5 Å². The Morgan fingerprint density at radius 3 is 2.80 bits per heavy atom. The summed E-state index contributed by atoms with van der Waals surface area (Å²) < 4.78 is 0. The van der Waals surface area contributed by atoms with Crippen molar-refractivity contribution in [1.29, 1.82) is 0 Å². The van der Waals surface area contributed by atoms with E-state index in [0.717, 1.165) is 12.8 Å². The van der Waals surface area contributed by atoms with Crippen molar-refractivity contribution in [3.63, 3.8) is 0 Å². The van der Waals surface area contributed by atoms with Gasteiger partial charge in [0.25, 0.3) is 0 Å². The molecule has 0 bridgehead atoms. The number of rotatable bonds is 5. The van der Waals surface area contributed by atoms with E-state index in [-0.39, 0.29) is 5.78 Å². The van der Waals surface area contributed by atoms with Crippen LogP contribution < -0.4 is 0 Å². The lowest BCUT2D eigenvalue weighted by molar-refractivity contribution is -0.113. The molecule has 10 heavy (non-hydrogen) atoms. The molecule has 0 aromatic rings. The van der Waals surface area contributed by atoms with Crippen molar-refractivity contribution in [1.82, 2.24) is 0 Å². The Labute approximate surface area is 62.4 Å². The van der Waals surface area contributed by atoms with Gasteiger partial charge in [-0.05, 0) is 12.5 Å². The quantitative estimate of drug-likeness (QED) is 0.421. The van der Waals surface area contributed by atoms with Crippen molar-refractivity contribution in [2.24, 2.45) is 0 Å². The minimum absolute atomic E-state index is 0.142. The summed E-state index contributed by atoms with van der Waals surface area (Å²) in [4.78, 5) is 10.8. The van der Waals surface area contributed by atoms with E-state index in [1.807, 2.05) is 6.08 Å². The summed E-state index contributed by atoms with van der Waals surface area (Å²) in [5, 5.41) is 0. The maximum atomic E-state index is 10.8. The van der Waals surface area contributed by atoms with Crippen LogP contribution in [0.5, 0.6) is 0 Å². The lowest BCUT2D eigenvalue weighted by atomic mass is 10.2. The summed E-state index contributed by atoms with van der Waals surface area (Å²) in [6, 6.07) is 0. The minimum Gasteiger partial charge on any atom is -0.295 e. The molecule has 0 aliphatic heterocycles. The highest BCUT2D eigenvalue weighted by Gasteiger charge is 1.88. The maximum absolute atomic E-state index is 10.8. The number of hydrogen-bond donors (Lipinski definition) is 0. The normalized spacial score (nSPS) is 10.1. The Bertz CT molecular complexity index is 134. The van der Waals surface area contributed by atoms with Gasteiger partial charge in [0.2, 0.25) is 0 Å². The van der Waals surface area contributed by atoms with Crippen molar-refractivity contribution in [2.45, 2.75) is 26.2 Å². The molecule has 0 aromatic heterocycles. The topological polar surface area (TPSA) is 17.1 Å². The van der Waals surface area contributed by atoms with Crippen LogP contribution in [0.3, 0.4) is 0 Å². The second kappa shape index (κ2) is 6.27. The van der Waals surface area contributed by atoms with Gasteiger partial charge in [-0.3, -0.25) is 4.79 Å². The fourth-order valence-corrected chi connectivity index (χ4v) is 0.592. The highest BCUT2D eigenvalue weighted by atomic mass is 16.1. The predicted molar refractivity (Wildman–Crippen MR) is 43.9 cm³/mol. The van der Waals surface area contributed by atoms with Crippen LogP contribution in [-0.4, -0.2) is 5.78 Å². The Morgan fingerprint density at radius 1 is 1.60 bits per heavy atom. The molecule has 0 rings (SSSR count). The van der Waals surface area contributed by atoms with Gasteiger partial charge in [-0.25, -0.2) is 0 Å². The molecule has 0 radical (unpaired) electrons. The zero-order chi connectivity index (χ0) is 7.82. The Balaban J connectivity index is 3.45. The third kappa shape index (κ3) is 5.29. The summed E-state index contributed by atoms with van der Waals surface area (Å²) in [7, 11) is 0. The first-order chi connectivity index (χ1) is 4.81. The molecule has 0 fully saturated rings. The number of carbonyl (C=O) groups is 1. The average Bonchev–Trinajstić information content (AvgIpc) is 1.89. The first-order valence-corrected chi connectivity index (χ1v) is 3.61. The van der Waals surface area contributed by atoms with Crippen LogP contribution in [0.1, 0.15) is 26.2 Å². The summed E-state index contributed by atoms with van der Waals surface area (Å²) in [6.45, 7) is 5.56. The van der Waals surface area contributed by atoms with E-state index in [0.29, 0.717) is 6.42 Å². The van der Waals surface area contributed by atoms with Crippen LogP contribution in [0.25, 0.3) is 0 Å². The largest absolute Gasteiger partial charge is 0.295 e. The van der Waals surface area contributed by atoms with Crippen molar-refractivity contribution in [3.8, 4) is 0 Å². The summed E-state index contributed by atoms with van der Waals surface area (Å²) in [6.07, 6.45) is 7.70. The van der Waals surface area contributed by atoms with E-state index in [1.165, 1.54) is 0 Å². The summed E-state index contributed by atoms with van der Waals surface area (Å²) >= 11 is 0. The first-order valence-electron chi connectivity index (χ1n) is 3.61. The fraction of sp³-hybridized carbons (Fsp3) is 0.444. The number of carbonyl (C=O) groups excluding carboxylic acids is 1. The average molecular weight is 138 g/mol. The van der Waals surface area contributed by atoms with E-state index in [9.17, 15) is 4.79 Å². The van der Waals surface area contributed by atoms with Gasteiger partial charge in [0, 0.05) is 6.42 Å². The number of hydrogen-bond acceptors (Lipinski definition) is 1. The van der Waals surface area contributed by atoms with Crippen LogP contribution in [0, 0.1) is 0 Å². The van der Waals surface area contributed by atoms with Crippen LogP contribution in [0.15, 0.2) is 24.8 Å². The minimum atomic E-state index is 0.142. The monoisotopic (exact) mass is 138 g/mol. The summed E-state index contributed by atoms with van der Waals surface area (Å²) in [5.74, 6) is 0.142. The third-order valence-electron chi connectivity index (χ3n) is 1.10. The Morgan fingerprint density at radius 2 is 2.30 bits per heavy atom. The maximum Gasteiger partial charge on any atom is 0.159 e. The number of allylic oxidation sites excluding steroid dienone is 3. The molecule has 56 valence electrons. The van der Waals surface area contributed by atoms with Crippen molar-refractivity contribution >= 4 is 5.78 Å². The van der Waals surface area contributed by atoms with Crippen LogP contribution in [-0.2, 0) is 4.79 Å². The molecular formula is C9H14O. The van der Waals surface area contributed by atoms with Gasteiger partial charge >= 0.3 is 0 Å².